The van der Waals surface area contributed by atoms with Crippen LogP contribution in [0.1, 0.15) is 30.2 Å². The second-order valence-electron chi connectivity index (χ2n) is 3.17. The minimum absolute atomic E-state index is 0.188. The van der Waals surface area contributed by atoms with Gasteiger partial charge in [0, 0.05) is 15.6 Å². The van der Waals surface area contributed by atoms with Crippen molar-refractivity contribution in [2.45, 2.75) is 31.6 Å². The zero-order valence-electron chi connectivity index (χ0n) is 7.67. The van der Waals surface area contributed by atoms with Crippen LogP contribution in [0.3, 0.4) is 0 Å². The van der Waals surface area contributed by atoms with Crippen LogP contribution in [0.15, 0.2) is 10.3 Å². The van der Waals surface area contributed by atoms with Crippen molar-refractivity contribution in [2.75, 3.05) is 0 Å². The number of aryl methyl sites for hydroxylation is 1. The van der Waals surface area contributed by atoms with Gasteiger partial charge in [-0.3, -0.25) is 0 Å². The Kier molecular flexibility index (Phi) is 3.05. The molecule has 5 heteroatoms. The molecule has 0 N–H and O–H groups in total. The van der Waals surface area contributed by atoms with Crippen LogP contribution >= 0.6 is 22.0 Å². The highest BCUT2D eigenvalue weighted by Gasteiger charge is 2.21. The van der Waals surface area contributed by atoms with Crippen LogP contribution in [0.4, 0.5) is 0 Å². The minimum Gasteiger partial charge on any atom is -0.207 e. The summed E-state index contributed by atoms with van der Waals surface area (Å²) in [5, 5.41) is 1.86. The van der Waals surface area contributed by atoms with E-state index in [0.717, 1.165) is 10.4 Å². The van der Waals surface area contributed by atoms with Gasteiger partial charge in [0.1, 0.15) is 0 Å². The predicted molar refractivity (Wildman–Crippen MR) is 56.2 cm³/mol. The van der Waals surface area contributed by atoms with E-state index in [4.69, 9.17) is 10.7 Å². The largest absolute Gasteiger partial charge is 0.262 e. The summed E-state index contributed by atoms with van der Waals surface area (Å²) in [6.45, 7) is 5.67. The fraction of sp³-hybridized carbons (Fsp3) is 0.500. The van der Waals surface area contributed by atoms with Crippen molar-refractivity contribution in [3.8, 4) is 0 Å². The molecule has 0 spiro atoms. The van der Waals surface area contributed by atoms with E-state index < -0.39 is 9.05 Å². The first kappa shape index (κ1) is 11.0. The lowest BCUT2D eigenvalue weighted by Gasteiger charge is -2.04. The quantitative estimate of drug-likeness (QED) is 0.742. The molecule has 0 saturated heterocycles. The van der Waals surface area contributed by atoms with E-state index in [2.05, 4.69) is 0 Å². The molecule has 0 bridgehead atoms. The van der Waals surface area contributed by atoms with Gasteiger partial charge in [-0.1, -0.05) is 13.8 Å². The third-order valence-corrected chi connectivity index (χ3v) is 4.36. The Hall–Kier alpha value is -0.0600. The lowest BCUT2D eigenvalue weighted by molar-refractivity contribution is 0.607. The van der Waals surface area contributed by atoms with E-state index in [-0.39, 0.29) is 5.92 Å². The molecule has 13 heavy (non-hydrogen) atoms. The summed E-state index contributed by atoms with van der Waals surface area (Å²) in [7, 11) is 1.75. The predicted octanol–water partition coefficient (Wildman–Crippen LogP) is 3.11. The van der Waals surface area contributed by atoms with Gasteiger partial charge in [0.05, 0.1) is 4.90 Å². The Labute approximate surface area is 87.0 Å². The Morgan fingerprint density at radius 3 is 2.31 bits per heavy atom. The molecule has 1 heterocycles. The lowest BCUT2D eigenvalue weighted by atomic mass is 10.1. The average Bonchev–Trinajstić information content (AvgIpc) is 2.28. The molecule has 1 aromatic rings. The van der Waals surface area contributed by atoms with E-state index in [1.807, 2.05) is 19.2 Å². The third-order valence-electron chi connectivity index (χ3n) is 1.81. The fourth-order valence-electron chi connectivity index (χ4n) is 1.17. The molecule has 0 fully saturated rings. The summed E-state index contributed by atoms with van der Waals surface area (Å²) in [6, 6.07) is 0. The molecule has 0 aliphatic rings. The summed E-state index contributed by atoms with van der Waals surface area (Å²) < 4.78 is 22.4. The number of halogens is 1. The fourth-order valence-corrected chi connectivity index (χ4v) is 4.31. The van der Waals surface area contributed by atoms with Crippen molar-refractivity contribution in [1.29, 1.82) is 0 Å². The summed E-state index contributed by atoms with van der Waals surface area (Å²) in [6.07, 6.45) is 0. The molecule has 0 aromatic carbocycles. The van der Waals surface area contributed by atoms with E-state index in [0.29, 0.717) is 4.90 Å². The summed E-state index contributed by atoms with van der Waals surface area (Å²) in [5.74, 6) is 0.188. The maximum atomic E-state index is 11.2. The summed E-state index contributed by atoms with van der Waals surface area (Å²) in [5.41, 5.74) is 0.817. The number of hydrogen-bond donors (Lipinski definition) is 0. The number of hydrogen-bond acceptors (Lipinski definition) is 3. The molecular formula is C8H11ClO2S2. The second kappa shape index (κ2) is 3.59. The maximum Gasteiger partial charge on any atom is 0.262 e. The first-order valence-electron chi connectivity index (χ1n) is 3.86. The van der Waals surface area contributed by atoms with Crippen LogP contribution in [-0.2, 0) is 9.05 Å². The molecular weight excluding hydrogens is 228 g/mol. The Bertz CT molecular complexity index is 404. The number of rotatable bonds is 2. The Morgan fingerprint density at radius 2 is 2.00 bits per heavy atom. The lowest BCUT2D eigenvalue weighted by Crippen LogP contribution is -1.97. The highest BCUT2D eigenvalue weighted by atomic mass is 35.7. The van der Waals surface area contributed by atoms with Crippen molar-refractivity contribution in [3.63, 3.8) is 0 Å². The van der Waals surface area contributed by atoms with E-state index in [9.17, 15) is 8.42 Å². The molecule has 0 aliphatic carbocycles. The van der Waals surface area contributed by atoms with Gasteiger partial charge in [-0.2, -0.15) is 0 Å². The number of thiophene rings is 1. The van der Waals surface area contributed by atoms with Crippen molar-refractivity contribution >= 4 is 31.1 Å². The first-order valence-corrected chi connectivity index (χ1v) is 7.05. The topological polar surface area (TPSA) is 34.1 Å². The molecule has 2 nitrogen and oxygen atoms in total. The first-order chi connectivity index (χ1) is 5.84. The smallest absolute Gasteiger partial charge is 0.207 e. The van der Waals surface area contributed by atoms with Gasteiger partial charge < -0.3 is 0 Å². The zero-order valence-corrected chi connectivity index (χ0v) is 10.1. The second-order valence-corrected chi connectivity index (χ2v) is 6.76. The van der Waals surface area contributed by atoms with Crippen molar-refractivity contribution < 1.29 is 8.42 Å². The van der Waals surface area contributed by atoms with Gasteiger partial charge >= 0.3 is 0 Å². The van der Waals surface area contributed by atoms with Crippen LogP contribution in [0, 0.1) is 6.92 Å². The minimum atomic E-state index is -3.58. The van der Waals surface area contributed by atoms with E-state index in [1.165, 1.54) is 11.3 Å². The van der Waals surface area contributed by atoms with Gasteiger partial charge in [0.15, 0.2) is 0 Å². The molecule has 74 valence electrons. The van der Waals surface area contributed by atoms with Crippen LogP contribution < -0.4 is 0 Å². The Balaban J connectivity index is 3.42. The Morgan fingerprint density at radius 1 is 1.46 bits per heavy atom. The maximum absolute atomic E-state index is 11.2. The van der Waals surface area contributed by atoms with Crippen LogP contribution in [0.25, 0.3) is 0 Å². The van der Waals surface area contributed by atoms with Gasteiger partial charge in [0.2, 0.25) is 0 Å². The summed E-state index contributed by atoms with van der Waals surface area (Å²) in [4.78, 5) is 1.06. The van der Waals surface area contributed by atoms with Crippen molar-refractivity contribution in [3.05, 3.63) is 15.8 Å². The van der Waals surface area contributed by atoms with Crippen LogP contribution in [-0.4, -0.2) is 8.42 Å². The summed E-state index contributed by atoms with van der Waals surface area (Å²) >= 11 is 1.42. The van der Waals surface area contributed by atoms with Crippen molar-refractivity contribution in [1.82, 2.24) is 0 Å². The monoisotopic (exact) mass is 238 g/mol. The molecule has 0 radical (unpaired) electrons. The zero-order chi connectivity index (χ0) is 10.2. The molecule has 1 rings (SSSR count). The third kappa shape index (κ3) is 2.24. The van der Waals surface area contributed by atoms with Crippen LogP contribution in [0.5, 0.6) is 0 Å². The van der Waals surface area contributed by atoms with Crippen LogP contribution in [0.2, 0.25) is 0 Å². The normalized spacial score (nSPS) is 12.4. The highest BCUT2D eigenvalue weighted by molar-refractivity contribution is 8.13. The molecule has 0 aliphatic heterocycles. The van der Waals surface area contributed by atoms with E-state index >= 15 is 0 Å². The molecule has 1 aromatic heterocycles. The molecule has 0 unspecified atom stereocenters. The van der Waals surface area contributed by atoms with Gasteiger partial charge in [-0.25, -0.2) is 8.42 Å². The van der Waals surface area contributed by atoms with E-state index in [1.54, 1.807) is 6.92 Å². The molecule has 0 amide bonds. The van der Waals surface area contributed by atoms with Gasteiger partial charge in [-0.15, -0.1) is 11.3 Å². The van der Waals surface area contributed by atoms with Gasteiger partial charge in [0.25, 0.3) is 9.05 Å². The molecule has 0 atom stereocenters. The SMILES string of the molecule is Cc1scc(C(C)C)c1S(=O)(=O)Cl. The molecule has 0 saturated carbocycles. The van der Waals surface area contributed by atoms with Crippen molar-refractivity contribution in [2.24, 2.45) is 0 Å². The highest BCUT2D eigenvalue weighted by Crippen LogP contribution is 2.33. The average molecular weight is 239 g/mol. The van der Waals surface area contributed by atoms with Gasteiger partial charge in [-0.05, 0) is 23.8 Å². The standard InChI is InChI=1S/C8H11ClO2S2/c1-5(2)7-4-12-6(3)8(7)13(9,10)11/h4-5H,1-3H3.